The van der Waals surface area contributed by atoms with E-state index in [2.05, 4.69) is 9.88 Å². The Bertz CT molecular complexity index is 659. The van der Waals surface area contributed by atoms with Gasteiger partial charge in [0.25, 0.3) is 5.91 Å². The number of carbonyl (C=O) groups excluding carboxylic acids is 2. The van der Waals surface area contributed by atoms with Gasteiger partial charge in [-0.2, -0.15) is 0 Å². The zero-order chi connectivity index (χ0) is 19.4. The molecule has 2 amide bonds. The van der Waals surface area contributed by atoms with Crippen LogP contribution in [0.5, 0.6) is 0 Å². The van der Waals surface area contributed by atoms with E-state index in [1.54, 1.807) is 19.0 Å². The highest BCUT2D eigenvalue weighted by molar-refractivity contribution is 7.13. The Labute approximate surface area is 166 Å². The second-order valence-corrected chi connectivity index (χ2v) is 9.15. The van der Waals surface area contributed by atoms with Gasteiger partial charge in [0.15, 0.2) is 0 Å². The molecule has 0 spiro atoms. The number of rotatable bonds is 6. The number of amides is 2. The van der Waals surface area contributed by atoms with E-state index < -0.39 is 0 Å². The molecule has 0 unspecified atom stereocenters. The second-order valence-electron chi connectivity index (χ2n) is 8.07. The summed E-state index contributed by atoms with van der Waals surface area (Å²) in [6.07, 6.45) is 7.09. The fourth-order valence-electron chi connectivity index (χ4n) is 4.05. The largest absolute Gasteiger partial charge is 0.344 e. The molecule has 0 atom stereocenters. The van der Waals surface area contributed by atoms with Crippen LogP contribution >= 0.6 is 11.3 Å². The van der Waals surface area contributed by atoms with Crippen molar-refractivity contribution in [1.82, 2.24) is 19.7 Å². The van der Waals surface area contributed by atoms with Crippen molar-refractivity contribution in [2.24, 2.45) is 5.92 Å². The van der Waals surface area contributed by atoms with Crippen molar-refractivity contribution in [2.45, 2.75) is 52.0 Å². The Balaban J connectivity index is 1.44. The zero-order valence-electron chi connectivity index (χ0n) is 16.9. The first-order valence-electron chi connectivity index (χ1n) is 10.1. The molecule has 150 valence electrons. The number of aromatic nitrogens is 1. The van der Waals surface area contributed by atoms with Crippen LogP contribution in [0.15, 0.2) is 0 Å². The van der Waals surface area contributed by atoms with Crippen molar-refractivity contribution in [3.05, 3.63) is 15.6 Å². The van der Waals surface area contributed by atoms with Crippen molar-refractivity contribution >= 4 is 23.2 Å². The number of thiazole rings is 1. The maximum atomic E-state index is 12.5. The number of piperazine rings is 1. The predicted octanol–water partition coefficient (Wildman–Crippen LogP) is 2.77. The molecule has 6 nitrogen and oxygen atoms in total. The molecule has 1 saturated carbocycles. The van der Waals surface area contributed by atoms with Gasteiger partial charge in [0.05, 0.1) is 12.2 Å². The van der Waals surface area contributed by atoms with Crippen molar-refractivity contribution in [2.75, 3.05) is 40.3 Å². The smallest absolute Gasteiger partial charge is 0.265 e. The summed E-state index contributed by atoms with van der Waals surface area (Å²) in [6.45, 7) is 6.03. The van der Waals surface area contributed by atoms with Gasteiger partial charge >= 0.3 is 0 Å². The van der Waals surface area contributed by atoms with E-state index in [1.165, 1.54) is 37.0 Å². The van der Waals surface area contributed by atoms with Gasteiger partial charge in [-0.25, -0.2) is 4.98 Å². The normalized spacial score (nSPS) is 18.9. The quantitative estimate of drug-likeness (QED) is 0.747. The van der Waals surface area contributed by atoms with E-state index in [0.717, 1.165) is 60.6 Å². The van der Waals surface area contributed by atoms with Crippen LogP contribution in [0, 0.1) is 12.8 Å². The summed E-state index contributed by atoms with van der Waals surface area (Å²) < 4.78 is 0. The molecular formula is C20H32N4O2S. The van der Waals surface area contributed by atoms with Crippen LogP contribution < -0.4 is 0 Å². The van der Waals surface area contributed by atoms with Crippen LogP contribution in [0.3, 0.4) is 0 Å². The number of carbonyl (C=O) groups is 2. The minimum atomic E-state index is 0.0222. The minimum absolute atomic E-state index is 0.0222. The van der Waals surface area contributed by atoms with E-state index in [1.807, 2.05) is 11.8 Å². The van der Waals surface area contributed by atoms with Crippen LogP contribution in [0.4, 0.5) is 0 Å². The van der Waals surface area contributed by atoms with Crippen molar-refractivity contribution in [3.63, 3.8) is 0 Å². The maximum Gasteiger partial charge on any atom is 0.265 e. The van der Waals surface area contributed by atoms with E-state index in [-0.39, 0.29) is 5.91 Å². The maximum absolute atomic E-state index is 12.5. The van der Waals surface area contributed by atoms with Crippen LogP contribution in [0.2, 0.25) is 0 Å². The predicted molar refractivity (Wildman–Crippen MR) is 108 cm³/mol. The van der Waals surface area contributed by atoms with Gasteiger partial charge in [0.2, 0.25) is 5.91 Å². The third kappa shape index (κ3) is 5.29. The summed E-state index contributed by atoms with van der Waals surface area (Å²) in [7, 11) is 3.54. The molecule has 0 bridgehead atoms. The molecule has 0 N–H and O–H groups in total. The molecule has 3 rings (SSSR count). The van der Waals surface area contributed by atoms with E-state index >= 15 is 0 Å². The molecule has 2 aliphatic rings. The second kappa shape index (κ2) is 9.15. The minimum Gasteiger partial charge on any atom is -0.344 e. The highest BCUT2D eigenvalue weighted by atomic mass is 32.1. The Hall–Kier alpha value is -1.47. The Morgan fingerprint density at radius 2 is 1.81 bits per heavy atom. The Kier molecular flexibility index (Phi) is 6.87. The molecule has 0 radical (unpaired) electrons. The molecule has 27 heavy (non-hydrogen) atoms. The molecule has 1 aromatic rings. The number of aryl methyl sites for hydroxylation is 1. The molecule has 7 heteroatoms. The average Bonchev–Trinajstić information content (AvgIpc) is 3.29. The molecule has 2 heterocycles. The first-order valence-corrected chi connectivity index (χ1v) is 10.9. The molecule has 1 aliphatic carbocycles. The van der Waals surface area contributed by atoms with Crippen LogP contribution in [0.1, 0.15) is 58.9 Å². The summed E-state index contributed by atoms with van der Waals surface area (Å²) in [5, 5.41) is 0.985. The Morgan fingerprint density at radius 3 is 2.44 bits per heavy atom. The average molecular weight is 393 g/mol. The lowest BCUT2D eigenvalue weighted by Crippen LogP contribution is -2.48. The molecule has 1 aromatic heterocycles. The number of hydrogen-bond acceptors (Lipinski definition) is 5. The lowest BCUT2D eigenvalue weighted by atomic mass is 10.0. The SMILES string of the molecule is Cc1nc(CN2CCN(C(=O)CCC3CCCC3)CC2)sc1C(=O)N(C)C. The standard InChI is InChI=1S/C20H32N4O2S/c1-15-19(20(26)22(2)3)27-17(21-15)14-23-10-12-24(13-11-23)18(25)9-8-16-6-4-5-7-16/h16H,4-14H2,1-3H3. The summed E-state index contributed by atoms with van der Waals surface area (Å²) in [6, 6.07) is 0. The summed E-state index contributed by atoms with van der Waals surface area (Å²) in [5.41, 5.74) is 0.814. The topological polar surface area (TPSA) is 56.8 Å². The fourth-order valence-corrected chi connectivity index (χ4v) is 5.18. The van der Waals surface area contributed by atoms with Gasteiger partial charge in [-0.3, -0.25) is 14.5 Å². The highest BCUT2D eigenvalue weighted by Gasteiger charge is 2.24. The van der Waals surface area contributed by atoms with Gasteiger partial charge in [0.1, 0.15) is 9.88 Å². The monoisotopic (exact) mass is 392 g/mol. The van der Waals surface area contributed by atoms with Gasteiger partial charge in [-0.1, -0.05) is 25.7 Å². The molecule has 1 saturated heterocycles. The Morgan fingerprint density at radius 1 is 1.15 bits per heavy atom. The lowest BCUT2D eigenvalue weighted by Gasteiger charge is -2.34. The lowest BCUT2D eigenvalue weighted by molar-refractivity contribution is -0.133. The van der Waals surface area contributed by atoms with Gasteiger partial charge in [-0.05, 0) is 19.3 Å². The first-order chi connectivity index (χ1) is 12.9. The summed E-state index contributed by atoms with van der Waals surface area (Å²) in [4.78, 5) is 35.9. The molecule has 0 aromatic carbocycles. The van der Waals surface area contributed by atoms with Gasteiger partial charge < -0.3 is 9.80 Å². The van der Waals surface area contributed by atoms with Crippen molar-refractivity contribution < 1.29 is 9.59 Å². The van der Waals surface area contributed by atoms with Crippen LogP contribution in [0.25, 0.3) is 0 Å². The third-order valence-corrected chi connectivity index (χ3v) is 6.90. The van der Waals surface area contributed by atoms with Crippen LogP contribution in [-0.4, -0.2) is 71.8 Å². The van der Waals surface area contributed by atoms with E-state index in [9.17, 15) is 9.59 Å². The number of nitrogens with zero attached hydrogens (tertiary/aromatic N) is 4. The highest BCUT2D eigenvalue weighted by Crippen LogP contribution is 2.29. The first kappa shape index (κ1) is 20.3. The summed E-state index contributed by atoms with van der Waals surface area (Å²) >= 11 is 1.49. The molecule has 1 aliphatic heterocycles. The summed E-state index contributed by atoms with van der Waals surface area (Å²) in [5.74, 6) is 1.13. The molecule has 2 fully saturated rings. The van der Waals surface area contributed by atoms with E-state index in [4.69, 9.17) is 0 Å². The van der Waals surface area contributed by atoms with Gasteiger partial charge in [-0.15, -0.1) is 11.3 Å². The number of hydrogen-bond donors (Lipinski definition) is 0. The zero-order valence-corrected chi connectivity index (χ0v) is 17.7. The third-order valence-electron chi connectivity index (χ3n) is 5.77. The van der Waals surface area contributed by atoms with Gasteiger partial charge in [0, 0.05) is 46.7 Å². The van der Waals surface area contributed by atoms with Crippen molar-refractivity contribution in [1.29, 1.82) is 0 Å². The molecular weight excluding hydrogens is 360 g/mol. The van der Waals surface area contributed by atoms with Crippen molar-refractivity contribution in [3.8, 4) is 0 Å². The van der Waals surface area contributed by atoms with Crippen LogP contribution in [-0.2, 0) is 11.3 Å². The fraction of sp³-hybridized carbons (Fsp3) is 0.750. The van der Waals surface area contributed by atoms with E-state index in [0.29, 0.717) is 12.3 Å².